The first-order chi connectivity index (χ1) is 7.96. The van der Waals surface area contributed by atoms with E-state index in [-0.39, 0.29) is 34.9 Å². The monoisotopic (exact) mass is 315 g/mol. The van der Waals surface area contributed by atoms with E-state index < -0.39 is 0 Å². The lowest BCUT2D eigenvalue weighted by molar-refractivity contribution is 0.100. The Balaban J connectivity index is 0.00000162. The summed E-state index contributed by atoms with van der Waals surface area (Å²) in [7, 11) is 1.57. The van der Waals surface area contributed by atoms with E-state index in [0.29, 0.717) is 11.3 Å². The average Bonchev–Trinajstić information content (AvgIpc) is 2.60. The number of nitrogens with two attached hydrogens (primary N) is 1. The summed E-state index contributed by atoms with van der Waals surface area (Å²) in [6.45, 7) is 4.03. The Hall–Kier alpha value is -1.07. The minimum Gasteiger partial charge on any atom is -0.493 e. The maximum atomic E-state index is 11.6. The zero-order valence-corrected chi connectivity index (χ0v) is 12.5. The van der Waals surface area contributed by atoms with Crippen LogP contribution in [0.1, 0.15) is 29.8 Å². The third-order valence-electron chi connectivity index (χ3n) is 2.85. The number of hydrogen-bond acceptors (Lipinski definition) is 4. The highest BCUT2D eigenvalue weighted by molar-refractivity contribution is 8.93. The van der Waals surface area contributed by atoms with Crippen molar-refractivity contribution in [3.8, 4) is 11.5 Å². The summed E-state index contributed by atoms with van der Waals surface area (Å²) in [6.07, 6.45) is 0.768. The second-order valence-corrected chi connectivity index (χ2v) is 4.83. The fraction of sp³-hybridized carbons (Fsp3) is 0.462. The molecule has 0 amide bonds. The van der Waals surface area contributed by atoms with Crippen LogP contribution < -0.4 is 15.2 Å². The lowest BCUT2D eigenvalue weighted by Gasteiger charge is -2.17. The van der Waals surface area contributed by atoms with Crippen molar-refractivity contribution in [1.82, 2.24) is 0 Å². The molecule has 1 heterocycles. The van der Waals surface area contributed by atoms with Gasteiger partial charge in [-0.15, -0.1) is 17.0 Å². The summed E-state index contributed by atoms with van der Waals surface area (Å²) in [5, 5.41) is 0. The van der Waals surface area contributed by atoms with E-state index in [2.05, 4.69) is 0 Å². The fourth-order valence-electron chi connectivity index (χ4n) is 2.11. The molecule has 0 spiro atoms. The molecule has 1 aromatic rings. The van der Waals surface area contributed by atoms with E-state index in [9.17, 15) is 4.79 Å². The smallest absolute Gasteiger partial charge is 0.176 e. The van der Waals surface area contributed by atoms with Crippen LogP contribution >= 0.6 is 17.0 Å². The number of rotatable bonds is 3. The SMILES string of the molecule is Br.COc1cc(C(=O)CN)cc2c1OC(C)(C)C2. The highest BCUT2D eigenvalue weighted by atomic mass is 79.9. The van der Waals surface area contributed by atoms with E-state index in [0.717, 1.165) is 17.7 Å². The van der Waals surface area contributed by atoms with Crippen LogP contribution in [0.15, 0.2) is 12.1 Å². The number of hydrogen-bond donors (Lipinski definition) is 1. The quantitative estimate of drug-likeness (QED) is 0.868. The summed E-state index contributed by atoms with van der Waals surface area (Å²) in [5.41, 5.74) is 6.72. The maximum Gasteiger partial charge on any atom is 0.176 e. The normalized spacial score (nSPS) is 15.3. The van der Waals surface area contributed by atoms with Gasteiger partial charge in [0.15, 0.2) is 17.3 Å². The minimum absolute atomic E-state index is 0. The fourth-order valence-corrected chi connectivity index (χ4v) is 2.11. The van der Waals surface area contributed by atoms with Crippen LogP contribution in [0.4, 0.5) is 0 Å². The molecule has 0 atom stereocenters. The van der Waals surface area contributed by atoms with Gasteiger partial charge in [0.05, 0.1) is 13.7 Å². The predicted molar refractivity (Wildman–Crippen MR) is 75.1 cm³/mol. The summed E-state index contributed by atoms with van der Waals surface area (Å²) in [6, 6.07) is 3.54. The molecule has 0 aromatic heterocycles. The summed E-state index contributed by atoms with van der Waals surface area (Å²) < 4.78 is 11.1. The van der Waals surface area contributed by atoms with Crippen molar-refractivity contribution < 1.29 is 14.3 Å². The molecule has 18 heavy (non-hydrogen) atoms. The maximum absolute atomic E-state index is 11.6. The van der Waals surface area contributed by atoms with Crippen molar-refractivity contribution in [3.63, 3.8) is 0 Å². The summed E-state index contributed by atoms with van der Waals surface area (Å²) in [4.78, 5) is 11.6. The number of fused-ring (bicyclic) bond motifs is 1. The van der Waals surface area contributed by atoms with Crippen molar-refractivity contribution in [2.24, 2.45) is 5.73 Å². The van der Waals surface area contributed by atoms with E-state index in [1.165, 1.54) is 0 Å². The van der Waals surface area contributed by atoms with E-state index >= 15 is 0 Å². The Labute approximate surface area is 117 Å². The molecule has 0 aliphatic carbocycles. The lowest BCUT2D eigenvalue weighted by Crippen LogP contribution is -2.24. The van der Waals surface area contributed by atoms with Crippen molar-refractivity contribution in [2.75, 3.05) is 13.7 Å². The van der Waals surface area contributed by atoms with Crippen LogP contribution in [0.3, 0.4) is 0 Å². The average molecular weight is 316 g/mol. The van der Waals surface area contributed by atoms with Gasteiger partial charge >= 0.3 is 0 Å². The molecule has 4 nitrogen and oxygen atoms in total. The molecule has 0 saturated carbocycles. The Morgan fingerprint density at radius 2 is 2.17 bits per heavy atom. The Morgan fingerprint density at radius 3 is 2.72 bits per heavy atom. The number of benzene rings is 1. The lowest BCUT2D eigenvalue weighted by atomic mass is 9.98. The standard InChI is InChI=1S/C13H17NO3.BrH/c1-13(2)6-9-4-8(10(15)7-14)5-11(16-3)12(9)17-13;/h4-5H,6-7,14H2,1-3H3;1H. The molecule has 0 radical (unpaired) electrons. The molecule has 0 bridgehead atoms. The largest absolute Gasteiger partial charge is 0.493 e. The molecule has 1 aliphatic rings. The van der Waals surface area contributed by atoms with E-state index in [1.54, 1.807) is 13.2 Å². The van der Waals surface area contributed by atoms with Gasteiger partial charge in [-0.1, -0.05) is 0 Å². The van der Waals surface area contributed by atoms with Gasteiger partial charge in [-0.05, 0) is 26.0 Å². The zero-order valence-electron chi connectivity index (χ0n) is 10.8. The van der Waals surface area contributed by atoms with Gasteiger partial charge in [-0.2, -0.15) is 0 Å². The van der Waals surface area contributed by atoms with Gasteiger partial charge < -0.3 is 15.2 Å². The van der Waals surface area contributed by atoms with Crippen LogP contribution in [0.5, 0.6) is 11.5 Å². The number of ketones is 1. The van der Waals surface area contributed by atoms with Crippen molar-refractivity contribution >= 4 is 22.8 Å². The van der Waals surface area contributed by atoms with Gasteiger partial charge in [0.25, 0.3) is 0 Å². The van der Waals surface area contributed by atoms with Gasteiger partial charge in [0, 0.05) is 17.5 Å². The molecular weight excluding hydrogens is 298 g/mol. The third-order valence-corrected chi connectivity index (χ3v) is 2.85. The molecule has 2 N–H and O–H groups in total. The number of carbonyl (C=O) groups is 1. The van der Waals surface area contributed by atoms with Crippen LogP contribution in [0.25, 0.3) is 0 Å². The molecule has 5 heteroatoms. The molecule has 100 valence electrons. The van der Waals surface area contributed by atoms with Crippen molar-refractivity contribution in [3.05, 3.63) is 23.3 Å². The van der Waals surface area contributed by atoms with Gasteiger partial charge in [0.2, 0.25) is 0 Å². The molecule has 1 aliphatic heterocycles. The van der Waals surface area contributed by atoms with E-state index in [1.807, 2.05) is 19.9 Å². The Kier molecular flexibility index (Phi) is 4.40. The first-order valence-electron chi connectivity index (χ1n) is 5.60. The zero-order chi connectivity index (χ0) is 12.6. The molecule has 0 unspecified atom stereocenters. The van der Waals surface area contributed by atoms with Gasteiger partial charge in [0.1, 0.15) is 5.60 Å². The minimum atomic E-state index is -0.250. The van der Waals surface area contributed by atoms with Crippen LogP contribution in [-0.2, 0) is 6.42 Å². The van der Waals surface area contributed by atoms with Crippen molar-refractivity contribution in [1.29, 1.82) is 0 Å². The molecule has 0 saturated heterocycles. The topological polar surface area (TPSA) is 61.5 Å². The second-order valence-electron chi connectivity index (χ2n) is 4.83. The van der Waals surface area contributed by atoms with Crippen molar-refractivity contribution in [2.45, 2.75) is 25.9 Å². The van der Waals surface area contributed by atoms with Crippen LogP contribution in [-0.4, -0.2) is 25.0 Å². The number of carbonyl (C=O) groups excluding carboxylic acids is 1. The number of methoxy groups -OCH3 is 1. The first-order valence-corrected chi connectivity index (χ1v) is 5.60. The summed E-state index contributed by atoms with van der Waals surface area (Å²) in [5.74, 6) is 1.26. The number of ether oxygens (including phenoxy) is 2. The third kappa shape index (κ3) is 2.67. The first kappa shape index (κ1) is 15.0. The Morgan fingerprint density at radius 1 is 1.50 bits per heavy atom. The van der Waals surface area contributed by atoms with E-state index in [4.69, 9.17) is 15.2 Å². The molecule has 1 aromatic carbocycles. The van der Waals surface area contributed by atoms with Crippen LogP contribution in [0, 0.1) is 0 Å². The highest BCUT2D eigenvalue weighted by Gasteiger charge is 2.33. The second kappa shape index (κ2) is 5.28. The van der Waals surface area contributed by atoms with Gasteiger partial charge in [-0.3, -0.25) is 4.79 Å². The number of halogens is 1. The highest BCUT2D eigenvalue weighted by Crippen LogP contribution is 2.42. The van der Waals surface area contributed by atoms with Crippen LogP contribution in [0.2, 0.25) is 0 Å². The number of Topliss-reactive ketones (excluding diaryl/α,β-unsaturated/α-hetero) is 1. The van der Waals surface area contributed by atoms with Gasteiger partial charge in [-0.25, -0.2) is 0 Å². The summed E-state index contributed by atoms with van der Waals surface area (Å²) >= 11 is 0. The predicted octanol–water partition coefficient (Wildman–Crippen LogP) is 2.13. The molecule has 2 rings (SSSR count). The molecule has 0 fully saturated rings. The molecular formula is C13H18BrNO3. The Bertz CT molecular complexity index is 472.